The van der Waals surface area contributed by atoms with Crippen LogP contribution in [0.4, 0.5) is 13.2 Å². The summed E-state index contributed by atoms with van der Waals surface area (Å²) in [6.07, 6.45) is -2.99. The zero-order valence-corrected chi connectivity index (χ0v) is 15.8. The van der Waals surface area contributed by atoms with Crippen molar-refractivity contribution in [2.75, 3.05) is 52.5 Å². The van der Waals surface area contributed by atoms with E-state index in [0.29, 0.717) is 30.5 Å². The van der Waals surface area contributed by atoms with Crippen LogP contribution in [-0.2, 0) is 17.3 Å². The fourth-order valence-corrected chi connectivity index (χ4v) is 3.30. The number of nitrogens with zero attached hydrogens (tertiary/aromatic N) is 3. The first kappa shape index (κ1) is 20.9. The van der Waals surface area contributed by atoms with Gasteiger partial charge in [-0.3, -0.25) is 9.89 Å². The maximum absolute atomic E-state index is 12.5. The van der Waals surface area contributed by atoms with Crippen molar-refractivity contribution in [1.82, 2.24) is 20.5 Å². The molecule has 0 saturated carbocycles. The largest absolute Gasteiger partial charge is 0.434 e. The zero-order chi connectivity index (χ0) is 18.8. The van der Waals surface area contributed by atoms with Crippen LogP contribution in [0.25, 0.3) is 0 Å². The van der Waals surface area contributed by atoms with Crippen LogP contribution in [0.1, 0.15) is 24.0 Å². The Morgan fingerprint density at radius 1 is 1.35 bits per heavy atom. The molecule has 0 amide bonds. The molecule has 0 aliphatic carbocycles. The number of ether oxygens (including phenoxy) is 1. The van der Waals surface area contributed by atoms with E-state index in [0.717, 1.165) is 62.5 Å². The summed E-state index contributed by atoms with van der Waals surface area (Å²) in [7, 11) is 0. The Hall–Kier alpha value is -1.39. The first-order valence-corrected chi connectivity index (χ1v) is 9.71. The van der Waals surface area contributed by atoms with Gasteiger partial charge in [0.15, 0.2) is 11.7 Å². The minimum absolute atomic E-state index is 0.430. The van der Waals surface area contributed by atoms with Gasteiger partial charge in [-0.05, 0) is 13.3 Å². The first-order valence-electron chi connectivity index (χ1n) is 8.83. The van der Waals surface area contributed by atoms with Crippen molar-refractivity contribution in [2.45, 2.75) is 25.9 Å². The third kappa shape index (κ3) is 7.46. The predicted molar refractivity (Wildman–Crippen MR) is 96.7 cm³/mol. The van der Waals surface area contributed by atoms with Gasteiger partial charge in [0.2, 0.25) is 0 Å². The summed E-state index contributed by atoms with van der Waals surface area (Å²) < 4.78 is 43.0. The highest BCUT2D eigenvalue weighted by molar-refractivity contribution is 7.09. The number of rotatable bonds is 8. The van der Waals surface area contributed by atoms with Gasteiger partial charge in [0.05, 0.1) is 18.2 Å². The fourth-order valence-electron chi connectivity index (χ4n) is 2.50. The summed E-state index contributed by atoms with van der Waals surface area (Å²) in [5, 5.41) is 7.81. The van der Waals surface area contributed by atoms with Crippen LogP contribution in [0.3, 0.4) is 0 Å². The summed E-state index contributed by atoms with van der Waals surface area (Å²) in [5.41, 5.74) is -0.818. The standard InChI is InChI=1S/C16H26F3N5OS/c1-2-20-15(21-5-3-7-24-8-10-25-11-9-24)22-6-4-14-23-13(12-26-14)16(17,18)19/h12H,2-11H2,1H3,(H2,20,21,22). The number of halogens is 3. The molecule has 1 aliphatic heterocycles. The highest BCUT2D eigenvalue weighted by Crippen LogP contribution is 2.29. The number of thiazole rings is 1. The average Bonchev–Trinajstić information content (AvgIpc) is 3.09. The summed E-state index contributed by atoms with van der Waals surface area (Å²) >= 11 is 1.03. The Kier molecular flexibility index (Phi) is 8.60. The lowest BCUT2D eigenvalue weighted by Crippen LogP contribution is -2.39. The molecule has 6 nitrogen and oxygen atoms in total. The molecule has 0 spiro atoms. The topological polar surface area (TPSA) is 61.8 Å². The molecule has 0 unspecified atom stereocenters. The van der Waals surface area contributed by atoms with Gasteiger partial charge in [-0.2, -0.15) is 13.2 Å². The van der Waals surface area contributed by atoms with E-state index in [1.54, 1.807) is 0 Å². The third-order valence-electron chi connectivity index (χ3n) is 3.82. The molecule has 148 valence electrons. The van der Waals surface area contributed by atoms with E-state index in [9.17, 15) is 13.2 Å². The molecule has 0 aromatic carbocycles. The van der Waals surface area contributed by atoms with Gasteiger partial charge in [0, 0.05) is 51.1 Å². The average molecular weight is 393 g/mol. The monoisotopic (exact) mass is 393 g/mol. The third-order valence-corrected chi connectivity index (χ3v) is 4.73. The Morgan fingerprint density at radius 2 is 2.12 bits per heavy atom. The van der Waals surface area contributed by atoms with Crippen molar-refractivity contribution in [1.29, 1.82) is 0 Å². The molecule has 0 atom stereocenters. The van der Waals surface area contributed by atoms with Gasteiger partial charge in [0.25, 0.3) is 0 Å². The molecule has 0 radical (unpaired) electrons. The molecule has 10 heteroatoms. The smallest absolute Gasteiger partial charge is 0.379 e. The summed E-state index contributed by atoms with van der Waals surface area (Å²) in [5.74, 6) is 0.682. The Morgan fingerprint density at radius 3 is 2.77 bits per heavy atom. The lowest BCUT2D eigenvalue weighted by atomic mass is 10.3. The number of alkyl halides is 3. The fraction of sp³-hybridized carbons (Fsp3) is 0.750. The van der Waals surface area contributed by atoms with Crippen LogP contribution in [0.15, 0.2) is 10.4 Å². The second-order valence-corrected chi connectivity index (χ2v) is 6.81. The molecule has 26 heavy (non-hydrogen) atoms. The predicted octanol–water partition coefficient (Wildman–Crippen LogP) is 1.98. The normalized spacial score (nSPS) is 16.7. The number of nitrogens with one attached hydrogen (secondary N) is 2. The maximum Gasteiger partial charge on any atom is 0.434 e. The number of hydrogen-bond acceptors (Lipinski definition) is 5. The Balaban J connectivity index is 1.70. The van der Waals surface area contributed by atoms with Gasteiger partial charge < -0.3 is 15.4 Å². The summed E-state index contributed by atoms with van der Waals surface area (Å²) in [6, 6.07) is 0. The van der Waals surface area contributed by atoms with E-state index in [2.05, 4.69) is 25.5 Å². The van der Waals surface area contributed by atoms with Crippen LogP contribution < -0.4 is 10.6 Å². The van der Waals surface area contributed by atoms with Crippen molar-refractivity contribution < 1.29 is 17.9 Å². The van der Waals surface area contributed by atoms with Gasteiger partial charge in [0.1, 0.15) is 0 Å². The van der Waals surface area contributed by atoms with Gasteiger partial charge in [-0.15, -0.1) is 11.3 Å². The van der Waals surface area contributed by atoms with E-state index in [1.165, 1.54) is 0 Å². The van der Waals surface area contributed by atoms with E-state index in [4.69, 9.17) is 4.74 Å². The van der Waals surface area contributed by atoms with Crippen molar-refractivity contribution in [3.8, 4) is 0 Å². The van der Waals surface area contributed by atoms with Gasteiger partial charge in [-0.1, -0.05) is 0 Å². The zero-order valence-electron chi connectivity index (χ0n) is 14.9. The van der Waals surface area contributed by atoms with Gasteiger partial charge in [-0.25, -0.2) is 4.98 Å². The second kappa shape index (κ2) is 10.7. The summed E-state index contributed by atoms with van der Waals surface area (Å²) in [6.45, 7) is 8.39. The molecule has 1 aliphatic rings. The molecule has 1 saturated heterocycles. The highest BCUT2D eigenvalue weighted by atomic mass is 32.1. The number of guanidine groups is 1. The van der Waals surface area contributed by atoms with Gasteiger partial charge >= 0.3 is 6.18 Å². The van der Waals surface area contributed by atoms with E-state index in [1.807, 2.05) is 6.92 Å². The number of aromatic nitrogens is 1. The Labute approximate surface area is 155 Å². The lowest BCUT2D eigenvalue weighted by molar-refractivity contribution is -0.140. The van der Waals surface area contributed by atoms with Crippen LogP contribution in [0.2, 0.25) is 0 Å². The van der Waals surface area contributed by atoms with Crippen LogP contribution in [0, 0.1) is 0 Å². The van der Waals surface area contributed by atoms with Crippen molar-refractivity contribution in [2.24, 2.45) is 4.99 Å². The molecule has 2 N–H and O–H groups in total. The van der Waals surface area contributed by atoms with Crippen LogP contribution in [-0.4, -0.2) is 68.3 Å². The highest BCUT2D eigenvalue weighted by Gasteiger charge is 2.33. The molecule has 2 rings (SSSR count). The molecule has 0 bridgehead atoms. The minimum atomic E-state index is -4.38. The number of hydrogen-bond donors (Lipinski definition) is 2. The second-order valence-electron chi connectivity index (χ2n) is 5.87. The molecular weight excluding hydrogens is 367 g/mol. The minimum Gasteiger partial charge on any atom is -0.379 e. The Bertz CT molecular complexity index is 558. The van der Waals surface area contributed by atoms with Crippen molar-refractivity contribution >= 4 is 17.3 Å². The molecule has 2 heterocycles. The van der Waals surface area contributed by atoms with E-state index in [-0.39, 0.29) is 0 Å². The van der Waals surface area contributed by atoms with Crippen molar-refractivity contribution in [3.05, 3.63) is 16.1 Å². The molecular formula is C16H26F3N5OS. The van der Waals surface area contributed by atoms with E-state index < -0.39 is 11.9 Å². The van der Waals surface area contributed by atoms with Crippen LogP contribution in [0.5, 0.6) is 0 Å². The molecule has 1 aromatic rings. The quantitative estimate of drug-likeness (QED) is 0.402. The SMILES string of the molecule is CCNC(=NCCCN1CCOCC1)NCCc1nc(C(F)(F)F)cs1. The van der Waals surface area contributed by atoms with E-state index >= 15 is 0 Å². The van der Waals surface area contributed by atoms with Crippen LogP contribution >= 0.6 is 11.3 Å². The van der Waals surface area contributed by atoms with Crippen molar-refractivity contribution in [3.63, 3.8) is 0 Å². The molecule has 1 aromatic heterocycles. The maximum atomic E-state index is 12.5. The lowest BCUT2D eigenvalue weighted by Gasteiger charge is -2.26. The summed E-state index contributed by atoms with van der Waals surface area (Å²) in [4.78, 5) is 10.5. The molecule has 1 fully saturated rings. The number of morpholine rings is 1. The number of aliphatic imine (C=N–C) groups is 1. The first-order chi connectivity index (χ1) is 12.5.